The highest BCUT2D eigenvalue weighted by Crippen LogP contribution is 2.09. The number of carbonyl (C=O) groups is 1. The first-order valence-corrected chi connectivity index (χ1v) is 6.14. The molecule has 0 spiro atoms. The second-order valence-corrected chi connectivity index (χ2v) is 4.45. The summed E-state index contributed by atoms with van der Waals surface area (Å²) in [6.07, 6.45) is 1.61. The quantitative estimate of drug-likeness (QED) is 0.778. The van der Waals surface area contributed by atoms with E-state index in [2.05, 4.69) is 10.3 Å². The predicted octanol–water partition coefficient (Wildman–Crippen LogP) is 0.994. The minimum absolute atomic E-state index is 0.0139. The molecule has 0 aliphatic heterocycles. The molecule has 1 aromatic heterocycles. The van der Waals surface area contributed by atoms with Crippen LogP contribution < -0.4 is 11.1 Å². The normalized spacial score (nSPS) is 11.7. The van der Waals surface area contributed by atoms with E-state index in [1.54, 1.807) is 37.2 Å². The average molecular weight is 266 g/mol. The van der Waals surface area contributed by atoms with Crippen molar-refractivity contribution < 1.29 is 4.79 Å². The number of hydrogen-bond donors (Lipinski definition) is 2. The van der Waals surface area contributed by atoms with Crippen LogP contribution >= 0.6 is 12.2 Å². The van der Waals surface area contributed by atoms with Crippen molar-refractivity contribution in [2.45, 2.75) is 19.9 Å². The Balaban J connectivity index is 2.75. The molecule has 18 heavy (non-hydrogen) atoms. The third-order valence-corrected chi connectivity index (χ3v) is 2.87. The Labute approximate surface area is 112 Å². The summed E-state index contributed by atoms with van der Waals surface area (Å²) in [7, 11) is 1.76. The van der Waals surface area contributed by atoms with Gasteiger partial charge in [0.1, 0.15) is 16.8 Å². The monoisotopic (exact) mass is 266 g/mol. The number of aromatic nitrogens is 1. The predicted molar refractivity (Wildman–Crippen MR) is 76.5 cm³/mol. The summed E-state index contributed by atoms with van der Waals surface area (Å²) in [6.45, 7) is 4.39. The van der Waals surface area contributed by atoms with Gasteiger partial charge in [-0.2, -0.15) is 0 Å². The zero-order chi connectivity index (χ0) is 13.7. The fourth-order valence-corrected chi connectivity index (χ4v) is 1.56. The molecule has 0 aliphatic rings. The highest BCUT2D eigenvalue weighted by molar-refractivity contribution is 7.80. The molecule has 1 unspecified atom stereocenters. The first-order valence-electron chi connectivity index (χ1n) is 5.73. The maximum Gasteiger partial charge on any atom is 0.244 e. The van der Waals surface area contributed by atoms with E-state index >= 15 is 0 Å². The highest BCUT2D eigenvalue weighted by Gasteiger charge is 2.16. The first kappa shape index (κ1) is 14.4. The number of nitrogens with two attached hydrogens (primary N) is 1. The van der Waals surface area contributed by atoms with Crippen LogP contribution in [0, 0.1) is 0 Å². The number of hydrogen-bond acceptors (Lipinski definition) is 4. The molecule has 0 aromatic carbocycles. The maximum atomic E-state index is 11.9. The summed E-state index contributed by atoms with van der Waals surface area (Å²) in [5, 5.41) is 3.03. The second-order valence-electron chi connectivity index (χ2n) is 4.01. The standard InChI is InChI=1S/C12H18N4OS/c1-4-16(3)12(17)8(2)15-10-7-9(11(13)18)5-6-14-10/h5-8H,4H2,1-3H3,(H2,13,18)(H,14,15). The summed E-state index contributed by atoms with van der Waals surface area (Å²) in [5.74, 6) is 0.602. The lowest BCUT2D eigenvalue weighted by atomic mass is 10.2. The fourth-order valence-electron chi connectivity index (χ4n) is 1.43. The molecule has 1 aromatic rings. The highest BCUT2D eigenvalue weighted by atomic mass is 32.1. The van der Waals surface area contributed by atoms with Crippen molar-refractivity contribution in [2.24, 2.45) is 5.73 Å². The van der Waals surface area contributed by atoms with Crippen molar-refractivity contribution >= 4 is 28.9 Å². The van der Waals surface area contributed by atoms with E-state index in [1.165, 1.54) is 0 Å². The van der Waals surface area contributed by atoms with Crippen LogP contribution in [0.4, 0.5) is 5.82 Å². The SMILES string of the molecule is CCN(C)C(=O)C(C)Nc1cc(C(N)=S)ccn1. The van der Waals surface area contributed by atoms with Crippen molar-refractivity contribution in [3.8, 4) is 0 Å². The Hall–Kier alpha value is -1.69. The van der Waals surface area contributed by atoms with E-state index in [4.69, 9.17) is 18.0 Å². The first-order chi connectivity index (χ1) is 8.45. The molecule has 1 amide bonds. The van der Waals surface area contributed by atoms with Crippen LogP contribution in [0.25, 0.3) is 0 Å². The third kappa shape index (κ3) is 3.66. The lowest BCUT2D eigenvalue weighted by molar-refractivity contribution is -0.130. The molecule has 3 N–H and O–H groups in total. The minimum Gasteiger partial charge on any atom is -0.389 e. The molecule has 0 radical (unpaired) electrons. The van der Waals surface area contributed by atoms with Crippen LogP contribution in [-0.2, 0) is 4.79 Å². The van der Waals surface area contributed by atoms with Crippen molar-refractivity contribution in [2.75, 3.05) is 18.9 Å². The zero-order valence-electron chi connectivity index (χ0n) is 10.8. The summed E-state index contributed by atoms with van der Waals surface area (Å²) in [5.41, 5.74) is 6.27. The lowest BCUT2D eigenvalue weighted by Crippen LogP contribution is -2.39. The van der Waals surface area contributed by atoms with Crippen LogP contribution in [0.3, 0.4) is 0 Å². The third-order valence-electron chi connectivity index (χ3n) is 2.63. The fraction of sp³-hybridized carbons (Fsp3) is 0.417. The molecule has 5 nitrogen and oxygen atoms in total. The number of anilines is 1. The van der Waals surface area contributed by atoms with Gasteiger partial charge in [0.25, 0.3) is 0 Å². The van der Waals surface area contributed by atoms with Gasteiger partial charge in [0.05, 0.1) is 0 Å². The molecule has 0 bridgehead atoms. The Morgan fingerprint density at radius 2 is 2.33 bits per heavy atom. The van der Waals surface area contributed by atoms with E-state index in [0.717, 1.165) is 5.56 Å². The Morgan fingerprint density at radius 3 is 2.89 bits per heavy atom. The topological polar surface area (TPSA) is 71.2 Å². The molecule has 0 fully saturated rings. The summed E-state index contributed by atoms with van der Waals surface area (Å²) >= 11 is 4.89. The van der Waals surface area contributed by atoms with Gasteiger partial charge >= 0.3 is 0 Å². The summed E-state index contributed by atoms with van der Waals surface area (Å²) < 4.78 is 0. The molecular formula is C12H18N4OS. The van der Waals surface area contributed by atoms with E-state index in [0.29, 0.717) is 17.4 Å². The molecule has 0 saturated heterocycles. The van der Waals surface area contributed by atoms with Crippen LogP contribution in [-0.4, -0.2) is 40.4 Å². The van der Waals surface area contributed by atoms with Gasteiger partial charge in [0.15, 0.2) is 0 Å². The molecule has 0 saturated carbocycles. The van der Waals surface area contributed by atoms with E-state index in [9.17, 15) is 4.79 Å². The minimum atomic E-state index is -0.343. The number of nitrogens with one attached hydrogen (secondary N) is 1. The van der Waals surface area contributed by atoms with Crippen molar-refractivity contribution in [3.05, 3.63) is 23.9 Å². The van der Waals surface area contributed by atoms with Gasteiger partial charge in [-0.25, -0.2) is 4.98 Å². The van der Waals surface area contributed by atoms with Crippen LogP contribution in [0.15, 0.2) is 18.3 Å². The number of thiocarbonyl (C=S) groups is 1. The zero-order valence-corrected chi connectivity index (χ0v) is 11.6. The largest absolute Gasteiger partial charge is 0.389 e. The van der Waals surface area contributed by atoms with Gasteiger partial charge in [-0.3, -0.25) is 4.79 Å². The number of carbonyl (C=O) groups excluding carboxylic acids is 1. The molecule has 6 heteroatoms. The number of likely N-dealkylation sites (N-methyl/N-ethyl adjacent to an activating group) is 1. The van der Waals surface area contributed by atoms with Gasteiger partial charge < -0.3 is 16.0 Å². The molecule has 1 heterocycles. The van der Waals surface area contributed by atoms with Gasteiger partial charge in [0, 0.05) is 25.4 Å². The number of pyridine rings is 1. The van der Waals surface area contributed by atoms with Crippen LogP contribution in [0.5, 0.6) is 0 Å². The Kier molecular flexibility index (Phi) is 5.03. The molecule has 98 valence electrons. The molecular weight excluding hydrogens is 248 g/mol. The van der Waals surface area contributed by atoms with E-state index < -0.39 is 0 Å². The van der Waals surface area contributed by atoms with E-state index in [1.807, 2.05) is 6.92 Å². The molecule has 0 aliphatic carbocycles. The Bertz CT molecular complexity index is 449. The maximum absolute atomic E-state index is 11.9. The molecule has 1 atom stereocenters. The summed E-state index contributed by atoms with van der Waals surface area (Å²) in [4.78, 5) is 18.0. The number of rotatable bonds is 5. The molecule has 1 rings (SSSR count). The lowest BCUT2D eigenvalue weighted by Gasteiger charge is -2.21. The van der Waals surface area contributed by atoms with Crippen LogP contribution in [0.1, 0.15) is 19.4 Å². The Morgan fingerprint density at radius 1 is 1.67 bits per heavy atom. The van der Waals surface area contributed by atoms with Crippen molar-refractivity contribution in [3.63, 3.8) is 0 Å². The van der Waals surface area contributed by atoms with Crippen molar-refractivity contribution in [1.82, 2.24) is 9.88 Å². The van der Waals surface area contributed by atoms with Crippen molar-refractivity contribution in [1.29, 1.82) is 0 Å². The number of nitrogens with zero attached hydrogens (tertiary/aromatic N) is 2. The number of amides is 1. The summed E-state index contributed by atoms with van der Waals surface area (Å²) in [6, 6.07) is 3.13. The smallest absolute Gasteiger partial charge is 0.244 e. The van der Waals surface area contributed by atoms with E-state index in [-0.39, 0.29) is 11.9 Å². The average Bonchev–Trinajstić information content (AvgIpc) is 2.37. The van der Waals surface area contributed by atoms with Gasteiger partial charge in [-0.15, -0.1) is 0 Å². The van der Waals surface area contributed by atoms with Gasteiger partial charge in [-0.1, -0.05) is 12.2 Å². The van der Waals surface area contributed by atoms with Crippen LogP contribution in [0.2, 0.25) is 0 Å². The van der Waals surface area contributed by atoms with Gasteiger partial charge in [-0.05, 0) is 26.0 Å². The second kappa shape index (κ2) is 6.30. The van der Waals surface area contributed by atoms with Gasteiger partial charge in [0.2, 0.25) is 5.91 Å².